The maximum Gasteiger partial charge on any atom is 0.317 e. The second-order valence-electron chi connectivity index (χ2n) is 4.12. The van der Waals surface area contributed by atoms with E-state index in [1.807, 2.05) is 30.3 Å². The first-order chi connectivity index (χ1) is 9.69. The van der Waals surface area contributed by atoms with Crippen molar-refractivity contribution in [2.24, 2.45) is 0 Å². The molecular weight excluding hydrogens is 258 g/mol. The fourth-order valence-corrected chi connectivity index (χ4v) is 1.70. The molecule has 0 bridgehead atoms. The van der Waals surface area contributed by atoms with Crippen molar-refractivity contribution in [3.8, 4) is 23.7 Å². The minimum atomic E-state index is -0.956. The molecule has 1 heterocycles. The van der Waals surface area contributed by atoms with Crippen LogP contribution in [0.25, 0.3) is 11.4 Å². The number of benzene rings is 1. The van der Waals surface area contributed by atoms with Gasteiger partial charge >= 0.3 is 5.97 Å². The number of hydrogen-bond donors (Lipinski definition) is 1. The van der Waals surface area contributed by atoms with Crippen LogP contribution >= 0.6 is 0 Å². The van der Waals surface area contributed by atoms with Gasteiger partial charge in [-0.25, -0.2) is 0 Å². The Morgan fingerprint density at radius 1 is 1.40 bits per heavy atom. The number of terminal acetylenes is 1. The number of carbonyl (C=O) groups is 1. The summed E-state index contributed by atoms with van der Waals surface area (Å²) in [7, 11) is 0. The maximum atomic E-state index is 10.7. The summed E-state index contributed by atoms with van der Waals surface area (Å²) in [5.41, 5.74) is 0.837. The molecule has 1 N–H and O–H groups in total. The van der Waals surface area contributed by atoms with Crippen LogP contribution in [0.4, 0.5) is 0 Å². The molecule has 6 heteroatoms. The van der Waals surface area contributed by atoms with Crippen LogP contribution in [-0.4, -0.2) is 39.2 Å². The SMILES string of the molecule is C#CCN(CC(=O)O)Cc1nc(-c2ccccc2)no1. The van der Waals surface area contributed by atoms with E-state index in [1.165, 1.54) is 4.90 Å². The van der Waals surface area contributed by atoms with Gasteiger partial charge in [0.15, 0.2) is 0 Å². The number of carboxylic acids is 1. The van der Waals surface area contributed by atoms with E-state index in [4.69, 9.17) is 16.1 Å². The van der Waals surface area contributed by atoms with Crippen LogP contribution in [0.1, 0.15) is 5.89 Å². The Labute approximate surface area is 116 Å². The van der Waals surface area contributed by atoms with Crippen LogP contribution in [-0.2, 0) is 11.3 Å². The van der Waals surface area contributed by atoms with E-state index in [0.717, 1.165) is 5.56 Å². The molecule has 2 aromatic rings. The molecule has 0 saturated heterocycles. The van der Waals surface area contributed by atoms with E-state index in [1.54, 1.807) is 0 Å². The first-order valence-corrected chi connectivity index (χ1v) is 5.94. The molecule has 0 radical (unpaired) electrons. The topological polar surface area (TPSA) is 79.5 Å². The summed E-state index contributed by atoms with van der Waals surface area (Å²) in [6.07, 6.45) is 5.20. The van der Waals surface area contributed by atoms with Gasteiger partial charge in [-0.15, -0.1) is 6.42 Å². The first-order valence-electron chi connectivity index (χ1n) is 5.94. The highest BCUT2D eigenvalue weighted by Gasteiger charge is 2.14. The molecule has 0 saturated carbocycles. The molecule has 0 amide bonds. The van der Waals surface area contributed by atoms with Crippen LogP contribution in [0.3, 0.4) is 0 Å². The Hall–Kier alpha value is -2.65. The van der Waals surface area contributed by atoms with E-state index in [-0.39, 0.29) is 19.6 Å². The second kappa shape index (κ2) is 6.50. The van der Waals surface area contributed by atoms with Crippen molar-refractivity contribution in [3.05, 3.63) is 36.2 Å². The minimum absolute atomic E-state index is 0.173. The molecular formula is C14H13N3O3. The lowest BCUT2D eigenvalue weighted by molar-refractivity contribution is -0.138. The van der Waals surface area contributed by atoms with Gasteiger partial charge in [-0.2, -0.15) is 4.98 Å². The lowest BCUT2D eigenvalue weighted by Gasteiger charge is -2.13. The van der Waals surface area contributed by atoms with Crippen LogP contribution in [0, 0.1) is 12.3 Å². The highest BCUT2D eigenvalue weighted by atomic mass is 16.5. The Balaban J connectivity index is 2.08. The summed E-state index contributed by atoms with van der Waals surface area (Å²) in [5, 5.41) is 12.7. The molecule has 20 heavy (non-hydrogen) atoms. The fraction of sp³-hybridized carbons (Fsp3) is 0.214. The third-order valence-corrected chi connectivity index (χ3v) is 2.53. The second-order valence-corrected chi connectivity index (χ2v) is 4.12. The van der Waals surface area contributed by atoms with Crippen molar-refractivity contribution in [3.63, 3.8) is 0 Å². The standard InChI is InChI=1S/C14H13N3O3/c1-2-8-17(10-13(18)19)9-12-15-14(16-20-12)11-6-4-3-5-7-11/h1,3-7H,8-10H2,(H,18,19). The van der Waals surface area contributed by atoms with Gasteiger partial charge in [0, 0.05) is 5.56 Å². The summed E-state index contributed by atoms with van der Waals surface area (Å²) < 4.78 is 5.11. The first kappa shape index (κ1) is 13.8. The number of hydrogen-bond acceptors (Lipinski definition) is 5. The summed E-state index contributed by atoms with van der Waals surface area (Å²) in [5.74, 6) is 2.25. The number of nitrogens with zero attached hydrogens (tertiary/aromatic N) is 3. The van der Waals surface area contributed by atoms with E-state index >= 15 is 0 Å². The van der Waals surface area contributed by atoms with Gasteiger partial charge < -0.3 is 9.63 Å². The van der Waals surface area contributed by atoms with Crippen molar-refractivity contribution in [2.45, 2.75) is 6.54 Å². The lowest BCUT2D eigenvalue weighted by Crippen LogP contribution is -2.29. The number of rotatable bonds is 6. The summed E-state index contributed by atoms with van der Waals surface area (Å²) in [6.45, 7) is 0.235. The van der Waals surface area contributed by atoms with Crippen molar-refractivity contribution in [1.82, 2.24) is 15.0 Å². The third kappa shape index (κ3) is 3.67. The molecule has 0 atom stereocenters. The van der Waals surface area contributed by atoms with Gasteiger partial charge in [-0.1, -0.05) is 41.4 Å². The molecule has 6 nitrogen and oxygen atoms in total. The summed E-state index contributed by atoms with van der Waals surface area (Å²) in [6, 6.07) is 9.38. The maximum absolute atomic E-state index is 10.7. The molecule has 0 fully saturated rings. The zero-order valence-electron chi connectivity index (χ0n) is 10.7. The van der Waals surface area contributed by atoms with Crippen LogP contribution in [0.15, 0.2) is 34.9 Å². The Kier molecular flexibility index (Phi) is 4.47. The van der Waals surface area contributed by atoms with Gasteiger partial charge in [-0.05, 0) is 0 Å². The average Bonchev–Trinajstić information content (AvgIpc) is 2.88. The molecule has 102 valence electrons. The summed E-state index contributed by atoms with van der Waals surface area (Å²) in [4.78, 5) is 16.5. The highest BCUT2D eigenvalue weighted by molar-refractivity contribution is 5.69. The third-order valence-electron chi connectivity index (χ3n) is 2.53. The zero-order valence-corrected chi connectivity index (χ0v) is 10.7. The Bertz CT molecular complexity index is 616. The Morgan fingerprint density at radius 2 is 2.15 bits per heavy atom. The van der Waals surface area contributed by atoms with Crippen LogP contribution < -0.4 is 0 Å². The Morgan fingerprint density at radius 3 is 2.80 bits per heavy atom. The smallest absolute Gasteiger partial charge is 0.317 e. The fourth-order valence-electron chi connectivity index (χ4n) is 1.70. The molecule has 0 aliphatic carbocycles. The van der Waals surface area contributed by atoms with Crippen molar-refractivity contribution in [2.75, 3.05) is 13.1 Å². The lowest BCUT2D eigenvalue weighted by atomic mass is 10.2. The number of aromatic nitrogens is 2. The quantitative estimate of drug-likeness (QED) is 0.797. The zero-order chi connectivity index (χ0) is 14.4. The van der Waals surface area contributed by atoms with Gasteiger partial charge in [0.25, 0.3) is 0 Å². The predicted octanol–water partition coefficient (Wildman–Crippen LogP) is 1.26. The van der Waals surface area contributed by atoms with E-state index in [0.29, 0.717) is 11.7 Å². The largest absolute Gasteiger partial charge is 0.480 e. The van der Waals surface area contributed by atoms with Gasteiger partial charge in [0.2, 0.25) is 11.7 Å². The van der Waals surface area contributed by atoms with Crippen LogP contribution in [0.5, 0.6) is 0 Å². The molecule has 0 aliphatic heterocycles. The van der Waals surface area contributed by atoms with Crippen molar-refractivity contribution < 1.29 is 14.4 Å². The monoisotopic (exact) mass is 271 g/mol. The summed E-state index contributed by atoms with van der Waals surface area (Å²) >= 11 is 0. The molecule has 0 unspecified atom stereocenters. The molecule has 0 spiro atoms. The number of carboxylic acid groups (broad SMARTS) is 1. The average molecular weight is 271 g/mol. The number of aliphatic carboxylic acids is 1. The van der Waals surface area contributed by atoms with Crippen LogP contribution in [0.2, 0.25) is 0 Å². The highest BCUT2D eigenvalue weighted by Crippen LogP contribution is 2.15. The molecule has 0 aliphatic rings. The van der Waals surface area contributed by atoms with Gasteiger partial charge in [0.05, 0.1) is 19.6 Å². The molecule has 1 aromatic carbocycles. The molecule has 1 aromatic heterocycles. The van der Waals surface area contributed by atoms with Crippen molar-refractivity contribution >= 4 is 5.97 Å². The van der Waals surface area contributed by atoms with Gasteiger partial charge in [0.1, 0.15) is 0 Å². The van der Waals surface area contributed by atoms with Gasteiger partial charge in [-0.3, -0.25) is 9.69 Å². The predicted molar refractivity (Wildman–Crippen MR) is 71.5 cm³/mol. The normalized spacial score (nSPS) is 10.4. The minimum Gasteiger partial charge on any atom is -0.480 e. The van der Waals surface area contributed by atoms with E-state index in [9.17, 15) is 4.79 Å². The van der Waals surface area contributed by atoms with E-state index in [2.05, 4.69) is 16.1 Å². The van der Waals surface area contributed by atoms with E-state index < -0.39 is 5.97 Å². The molecule has 2 rings (SSSR count). The van der Waals surface area contributed by atoms with Crippen molar-refractivity contribution in [1.29, 1.82) is 0 Å².